The van der Waals surface area contributed by atoms with E-state index in [1.165, 1.54) is 22.6 Å². The third-order valence-corrected chi connectivity index (χ3v) is 3.65. The summed E-state index contributed by atoms with van der Waals surface area (Å²) < 4.78 is 0. The van der Waals surface area contributed by atoms with E-state index in [-0.39, 0.29) is 0 Å². The molecule has 2 rings (SSSR count). The fraction of sp³-hybridized carbons (Fsp3) is 0.556. The van der Waals surface area contributed by atoms with Crippen LogP contribution in [0.4, 0.5) is 0 Å². The van der Waals surface area contributed by atoms with Gasteiger partial charge in [-0.3, -0.25) is 0 Å². The molecule has 1 aromatic rings. The quantitative estimate of drug-likeness (QED) is 0.712. The molecule has 0 radical (unpaired) electrons. The maximum atomic E-state index is 3.39. The summed E-state index contributed by atoms with van der Waals surface area (Å²) in [6, 6.07) is 4.46. The zero-order valence-electron chi connectivity index (χ0n) is 6.98. The second kappa shape index (κ2) is 2.32. The van der Waals surface area contributed by atoms with E-state index in [1.54, 1.807) is 0 Å². The maximum Gasteiger partial charge on any atom is 0.0528 e. The summed E-state index contributed by atoms with van der Waals surface area (Å²) in [6.45, 7) is 2.17. The molecule has 1 saturated carbocycles. The molecule has 1 fully saturated rings. The lowest BCUT2D eigenvalue weighted by atomic mass is 10.2. The first kappa shape index (κ1) is 7.32. The number of rotatable bonds is 2. The van der Waals surface area contributed by atoms with Crippen LogP contribution in [0.3, 0.4) is 0 Å². The van der Waals surface area contributed by atoms with Gasteiger partial charge in [0.25, 0.3) is 0 Å². The normalized spacial score (nSPS) is 20.2. The Labute approximate surface area is 71.4 Å². The molecule has 0 spiro atoms. The second-order valence-electron chi connectivity index (χ2n) is 3.24. The van der Waals surface area contributed by atoms with Crippen LogP contribution in [0.15, 0.2) is 12.1 Å². The Hall–Kier alpha value is -0.340. The molecule has 1 aromatic heterocycles. The van der Waals surface area contributed by atoms with Gasteiger partial charge in [-0.2, -0.15) is 0 Å². The molecule has 0 aromatic carbocycles. The molecule has 0 saturated heterocycles. The molecule has 0 unspecified atom stereocenters. The molecule has 60 valence electrons. The highest BCUT2D eigenvalue weighted by molar-refractivity contribution is 7.12. The Morgan fingerprint density at radius 3 is 2.55 bits per heavy atom. The molecule has 0 amide bonds. The first-order valence-corrected chi connectivity index (χ1v) is 4.84. The van der Waals surface area contributed by atoms with Gasteiger partial charge >= 0.3 is 0 Å². The van der Waals surface area contributed by atoms with Gasteiger partial charge in [-0.15, -0.1) is 11.3 Å². The summed E-state index contributed by atoms with van der Waals surface area (Å²) in [5.41, 5.74) is 0.374. The number of nitrogens with one attached hydrogen (secondary N) is 1. The average Bonchev–Trinajstić information content (AvgIpc) is 2.70. The molecule has 11 heavy (non-hydrogen) atoms. The molecular formula is C9H13NS. The second-order valence-corrected chi connectivity index (χ2v) is 4.53. The van der Waals surface area contributed by atoms with E-state index in [9.17, 15) is 0 Å². The van der Waals surface area contributed by atoms with Crippen molar-refractivity contribution in [3.63, 3.8) is 0 Å². The van der Waals surface area contributed by atoms with Crippen LogP contribution in [0, 0.1) is 6.92 Å². The van der Waals surface area contributed by atoms with Crippen LogP contribution in [-0.4, -0.2) is 7.05 Å². The molecule has 0 bridgehead atoms. The number of hydrogen-bond donors (Lipinski definition) is 1. The van der Waals surface area contributed by atoms with Crippen molar-refractivity contribution in [2.24, 2.45) is 0 Å². The smallest absolute Gasteiger partial charge is 0.0528 e. The van der Waals surface area contributed by atoms with Crippen LogP contribution in [0.5, 0.6) is 0 Å². The van der Waals surface area contributed by atoms with E-state index < -0.39 is 0 Å². The zero-order valence-corrected chi connectivity index (χ0v) is 7.79. The van der Waals surface area contributed by atoms with E-state index in [0.717, 1.165) is 0 Å². The van der Waals surface area contributed by atoms with Crippen LogP contribution in [0.1, 0.15) is 22.6 Å². The number of hydrogen-bond acceptors (Lipinski definition) is 2. The lowest BCUT2D eigenvalue weighted by Crippen LogP contribution is -2.22. The van der Waals surface area contributed by atoms with Gasteiger partial charge in [-0.1, -0.05) is 0 Å². The summed E-state index contributed by atoms with van der Waals surface area (Å²) in [5, 5.41) is 3.39. The molecule has 0 aliphatic heterocycles. The lowest BCUT2D eigenvalue weighted by Gasteiger charge is -2.10. The first-order valence-electron chi connectivity index (χ1n) is 4.03. The van der Waals surface area contributed by atoms with Gasteiger partial charge in [-0.25, -0.2) is 0 Å². The van der Waals surface area contributed by atoms with Gasteiger partial charge in [0, 0.05) is 9.75 Å². The van der Waals surface area contributed by atoms with Gasteiger partial charge in [0.15, 0.2) is 0 Å². The Morgan fingerprint density at radius 2 is 2.18 bits per heavy atom. The van der Waals surface area contributed by atoms with Gasteiger partial charge in [0.2, 0.25) is 0 Å². The monoisotopic (exact) mass is 167 g/mol. The Morgan fingerprint density at radius 1 is 1.45 bits per heavy atom. The standard InChI is InChI=1S/C9H13NS/c1-7-3-4-8(11-7)9(10-2)5-6-9/h3-4,10H,5-6H2,1-2H3. The third kappa shape index (κ3) is 1.10. The van der Waals surface area contributed by atoms with Crippen molar-refractivity contribution >= 4 is 11.3 Å². The highest BCUT2D eigenvalue weighted by atomic mass is 32.1. The average molecular weight is 167 g/mol. The van der Waals surface area contributed by atoms with Crippen LogP contribution >= 0.6 is 11.3 Å². The van der Waals surface area contributed by atoms with Crippen molar-refractivity contribution in [2.75, 3.05) is 7.05 Å². The first-order chi connectivity index (χ1) is 5.27. The predicted molar refractivity (Wildman–Crippen MR) is 49.0 cm³/mol. The van der Waals surface area contributed by atoms with Crippen molar-refractivity contribution in [2.45, 2.75) is 25.3 Å². The molecule has 0 atom stereocenters. The van der Waals surface area contributed by atoms with Crippen molar-refractivity contribution in [1.82, 2.24) is 5.32 Å². The molecular weight excluding hydrogens is 154 g/mol. The largest absolute Gasteiger partial charge is 0.310 e. The fourth-order valence-electron chi connectivity index (χ4n) is 1.44. The molecule has 1 heterocycles. The van der Waals surface area contributed by atoms with E-state index >= 15 is 0 Å². The minimum atomic E-state index is 0.374. The maximum absolute atomic E-state index is 3.39. The van der Waals surface area contributed by atoms with Crippen LogP contribution in [0.2, 0.25) is 0 Å². The zero-order chi connectivity index (χ0) is 7.90. The van der Waals surface area contributed by atoms with Crippen molar-refractivity contribution in [1.29, 1.82) is 0 Å². The van der Waals surface area contributed by atoms with Crippen LogP contribution in [0.25, 0.3) is 0 Å². The summed E-state index contributed by atoms with van der Waals surface area (Å²) in [5.74, 6) is 0. The lowest BCUT2D eigenvalue weighted by molar-refractivity contribution is 0.597. The van der Waals surface area contributed by atoms with E-state index in [0.29, 0.717) is 5.54 Å². The van der Waals surface area contributed by atoms with Crippen LogP contribution in [-0.2, 0) is 5.54 Å². The molecule has 1 aliphatic carbocycles. The van der Waals surface area contributed by atoms with Gasteiger partial charge in [-0.05, 0) is 38.9 Å². The van der Waals surface area contributed by atoms with Crippen molar-refractivity contribution < 1.29 is 0 Å². The van der Waals surface area contributed by atoms with Gasteiger partial charge in [0.1, 0.15) is 0 Å². The fourth-order valence-corrected chi connectivity index (χ4v) is 2.56. The molecule has 1 aliphatic rings. The van der Waals surface area contributed by atoms with E-state index in [1.807, 2.05) is 11.3 Å². The van der Waals surface area contributed by atoms with Gasteiger partial charge < -0.3 is 5.32 Å². The van der Waals surface area contributed by atoms with Crippen molar-refractivity contribution in [3.8, 4) is 0 Å². The number of aryl methyl sites for hydroxylation is 1. The Balaban J connectivity index is 2.29. The topological polar surface area (TPSA) is 12.0 Å². The molecule has 1 N–H and O–H groups in total. The van der Waals surface area contributed by atoms with Crippen LogP contribution < -0.4 is 5.32 Å². The minimum absolute atomic E-state index is 0.374. The highest BCUT2D eigenvalue weighted by Crippen LogP contribution is 2.47. The Kier molecular flexibility index (Phi) is 1.55. The summed E-state index contributed by atoms with van der Waals surface area (Å²) >= 11 is 1.92. The Bertz CT molecular complexity index is 260. The van der Waals surface area contributed by atoms with E-state index in [2.05, 4.69) is 31.4 Å². The third-order valence-electron chi connectivity index (χ3n) is 2.44. The van der Waals surface area contributed by atoms with Crippen molar-refractivity contribution in [3.05, 3.63) is 21.9 Å². The summed E-state index contributed by atoms with van der Waals surface area (Å²) in [7, 11) is 2.06. The molecule has 2 heteroatoms. The van der Waals surface area contributed by atoms with E-state index in [4.69, 9.17) is 0 Å². The predicted octanol–water partition coefficient (Wildman–Crippen LogP) is 2.27. The number of thiophene rings is 1. The SMILES string of the molecule is CNC1(c2ccc(C)s2)CC1. The summed E-state index contributed by atoms with van der Waals surface area (Å²) in [4.78, 5) is 2.93. The minimum Gasteiger partial charge on any atom is -0.310 e. The summed E-state index contributed by atoms with van der Waals surface area (Å²) in [6.07, 6.45) is 2.62. The highest BCUT2D eigenvalue weighted by Gasteiger charge is 2.43. The van der Waals surface area contributed by atoms with Gasteiger partial charge in [0.05, 0.1) is 5.54 Å². The molecule has 1 nitrogen and oxygen atoms in total.